The molecule has 3 aromatic carbocycles. The van der Waals surface area contributed by atoms with Gasteiger partial charge in [-0.15, -0.1) is 0 Å². The van der Waals surface area contributed by atoms with E-state index >= 15 is 0 Å². The second-order valence-corrected chi connectivity index (χ2v) is 11.1. The van der Waals surface area contributed by atoms with Gasteiger partial charge in [0.15, 0.2) is 0 Å². The highest BCUT2D eigenvalue weighted by molar-refractivity contribution is 6.18. The van der Waals surface area contributed by atoms with E-state index in [4.69, 9.17) is 9.47 Å². The second-order valence-electron chi connectivity index (χ2n) is 11.1. The molecule has 0 amide bonds. The van der Waals surface area contributed by atoms with Crippen molar-refractivity contribution in [1.29, 1.82) is 0 Å². The fourth-order valence-corrected chi connectivity index (χ4v) is 5.84. The van der Waals surface area contributed by atoms with Crippen molar-refractivity contribution in [2.24, 2.45) is 0 Å². The highest BCUT2D eigenvalue weighted by atomic mass is 16.5. The SMILES string of the molecule is COC(=O)c1c(C(=O)OC)c(N(C(C)C)C(C)C)c(-c2ccccc2)c(N(C(C)C)C(C)C)c1-c1ccccc1. The third-order valence-electron chi connectivity index (χ3n) is 7.09. The fraction of sp³-hybridized carbons (Fsp3) is 0.412. The van der Waals surface area contributed by atoms with Gasteiger partial charge in [0.2, 0.25) is 0 Å². The standard InChI is InChI=1S/C34H44N2O4/c1-21(2)35(22(3)4)31-27(25-17-13-11-14-18-25)29(33(37)39-9)30(34(38)40-10)32(36(23(5)6)24(7)8)28(31)26-19-15-12-16-20-26/h11-24H,1-10H3. The molecular formula is C34H44N2O4. The van der Waals surface area contributed by atoms with E-state index in [-0.39, 0.29) is 35.3 Å². The third-order valence-corrected chi connectivity index (χ3v) is 7.09. The Morgan fingerprint density at radius 2 is 0.875 bits per heavy atom. The molecule has 6 nitrogen and oxygen atoms in total. The molecule has 214 valence electrons. The smallest absolute Gasteiger partial charge is 0.340 e. The van der Waals surface area contributed by atoms with E-state index in [0.29, 0.717) is 11.3 Å². The summed E-state index contributed by atoms with van der Waals surface area (Å²) in [6.07, 6.45) is 0. The number of methoxy groups -OCH3 is 2. The molecule has 6 heteroatoms. The summed E-state index contributed by atoms with van der Waals surface area (Å²) in [5.74, 6) is -1.16. The summed E-state index contributed by atoms with van der Waals surface area (Å²) < 4.78 is 10.8. The maximum absolute atomic E-state index is 13.9. The average Bonchev–Trinajstić information content (AvgIpc) is 2.92. The predicted molar refractivity (Wildman–Crippen MR) is 165 cm³/mol. The summed E-state index contributed by atoms with van der Waals surface area (Å²) >= 11 is 0. The van der Waals surface area contributed by atoms with E-state index in [2.05, 4.69) is 77.3 Å². The van der Waals surface area contributed by atoms with Crippen LogP contribution < -0.4 is 9.80 Å². The maximum atomic E-state index is 13.9. The van der Waals surface area contributed by atoms with Crippen LogP contribution in [0, 0.1) is 0 Å². The molecule has 40 heavy (non-hydrogen) atoms. The van der Waals surface area contributed by atoms with Crippen molar-refractivity contribution in [1.82, 2.24) is 0 Å². The molecular weight excluding hydrogens is 500 g/mol. The van der Waals surface area contributed by atoms with E-state index in [1.165, 1.54) is 14.2 Å². The van der Waals surface area contributed by atoms with Crippen LogP contribution in [0.25, 0.3) is 22.3 Å². The van der Waals surface area contributed by atoms with Gasteiger partial charge in [0.25, 0.3) is 0 Å². The van der Waals surface area contributed by atoms with Gasteiger partial charge in [-0.2, -0.15) is 0 Å². The van der Waals surface area contributed by atoms with E-state index in [1.54, 1.807) is 0 Å². The highest BCUT2D eigenvalue weighted by Gasteiger charge is 2.38. The fourth-order valence-electron chi connectivity index (χ4n) is 5.84. The van der Waals surface area contributed by atoms with Gasteiger partial charge in [-0.1, -0.05) is 60.7 Å². The van der Waals surface area contributed by atoms with Gasteiger partial charge in [-0.05, 0) is 66.5 Å². The normalized spacial score (nSPS) is 11.3. The maximum Gasteiger partial charge on any atom is 0.340 e. The number of carbonyl (C=O) groups excluding carboxylic acids is 2. The van der Waals surface area contributed by atoms with Crippen LogP contribution in [0.5, 0.6) is 0 Å². The summed E-state index contributed by atoms with van der Waals surface area (Å²) in [7, 11) is 2.71. The first-order valence-corrected chi connectivity index (χ1v) is 14.1. The minimum atomic E-state index is -0.582. The van der Waals surface area contributed by atoms with Crippen LogP contribution in [0.2, 0.25) is 0 Å². The van der Waals surface area contributed by atoms with E-state index in [9.17, 15) is 9.59 Å². The van der Waals surface area contributed by atoms with E-state index in [0.717, 1.165) is 22.4 Å². The van der Waals surface area contributed by atoms with Crippen LogP contribution in [0.1, 0.15) is 76.1 Å². The van der Waals surface area contributed by atoms with Crippen molar-refractivity contribution >= 4 is 23.3 Å². The molecule has 0 saturated carbocycles. The molecule has 0 spiro atoms. The number of benzene rings is 3. The van der Waals surface area contributed by atoms with Gasteiger partial charge in [0.05, 0.1) is 36.7 Å². The molecule has 0 heterocycles. The first kappa shape index (κ1) is 30.7. The summed E-state index contributed by atoms with van der Waals surface area (Å²) in [4.78, 5) is 32.3. The van der Waals surface area contributed by atoms with Crippen molar-refractivity contribution in [2.75, 3.05) is 24.0 Å². The molecule has 0 aromatic heterocycles. The molecule has 0 aliphatic rings. The molecule has 0 unspecified atom stereocenters. The largest absolute Gasteiger partial charge is 0.465 e. The Kier molecular flexibility index (Phi) is 10.0. The Morgan fingerprint density at radius 3 is 1.25 bits per heavy atom. The first-order valence-electron chi connectivity index (χ1n) is 14.1. The van der Waals surface area contributed by atoms with Crippen molar-refractivity contribution in [3.63, 3.8) is 0 Å². The number of hydrogen-bond acceptors (Lipinski definition) is 6. The Labute approximate surface area is 239 Å². The molecule has 0 bridgehead atoms. The molecule has 0 N–H and O–H groups in total. The van der Waals surface area contributed by atoms with Crippen LogP contribution in [-0.2, 0) is 9.47 Å². The molecule has 0 atom stereocenters. The zero-order valence-electron chi connectivity index (χ0n) is 25.6. The molecule has 0 fully saturated rings. The van der Waals surface area contributed by atoms with E-state index in [1.807, 2.05) is 48.5 Å². The molecule has 3 aromatic rings. The van der Waals surface area contributed by atoms with Crippen molar-refractivity contribution in [3.05, 3.63) is 71.8 Å². The molecule has 0 saturated heterocycles. The Morgan fingerprint density at radius 1 is 0.525 bits per heavy atom. The summed E-state index contributed by atoms with van der Waals surface area (Å²) in [5.41, 5.74) is 5.29. The van der Waals surface area contributed by atoms with Crippen molar-refractivity contribution in [2.45, 2.75) is 79.6 Å². The molecule has 0 radical (unpaired) electrons. The highest BCUT2D eigenvalue weighted by Crippen LogP contribution is 2.52. The van der Waals surface area contributed by atoms with Crippen molar-refractivity contribution in [3.8, 4) is 22.3 Å². The number of hydrogen-bond donors (Lipinski definition) is 0. The topological polar surface area (TPSA) is 59.1 Å². The average molecular weight is 545 g/mol. The van der Waals surface area contributed by atoms with Gasteiger partial charge in [-0.25, -0.2) is 9.59 Å². The second kappa shape index (κ2) is 13.0. The number of anilines is 2. The lowest BCUT2D eigenvalue weighted by Crippen LogP contribution is -2.41. The molecule has 0 aliphatic carbocycles. The van der Waals surface area contributed by atoms with Gasteiger partial charge >= 0.3 is 11.9 Å². The number of rotatable bonds is 10. The van der Waals surface area contributed by atoms with Crippen LogP contribution in [0.3, 0.4) is 0 Å². The number of esters is 2. The van der Waals surface area contributed by atoms with Crippen LogP contribution in [-0.4, -0.2) is 50.3 Å². The van der Waals surface area contributed by atoms with Crippen LogP contribution >= 0.6 is 0 Å². The van der Waals surface area contributed by atoms with Gasteiger partial charge < -0.3 is 19.3 Å². The zero-order valence-corrected chi connectivity index (χ0v) is 25.6. The minimum absolute atomic E-state index is 0.0124. The number of ether oxygens (including phenoxy) is 2. The Bertz CT molecular complexity index is 1300. The van der Waals surface area contributed by atoms with Gasteiger partial charge in [0, 0.05) is 35.3 Å². The Balaban J connectivity index is 2.87. The lowest BCUT2D eigenvalue weighted by molar-refractivity contribution is 0.0556. The lowest BCUT2D eigenvalue weighted by atomic mass is 9.83. The lowest BCUT2D eigenvalue weighted by Gasteiger charge is -2.42. The van der Waals surface area contributed by atoms with Gasteiger partial charge in [0.1, 0.15) is 0 Å². The quantitative estimate of drug-likeness (QED) is 0.242. The van der Waals surface area contributed by atoms with E-state index < -0.39 is 11.9 Å². The summed E-state index contributed by atoms with van der Waals surface area (Å²) in [6.45, 7) is 17.0. The van der Waals surface area contributed by atoms with Crippen LogP contribution in [0.4, 0.5) is 11.4 Å². The first-order chi connectivity index (χ1) is 19.0. The number of carbonyl (C=O) groups is 2. The zero-order chi connectivity index (χ0) is 29.7. The Hall–Kier alpha value is -3.80. The monoisotopic (exact) mass is 544 g/mol. The van der Waals surface area contributed by atoms with Crippen molar-refractivity contribution < 1.29 is 19.1 Å². The third kappa shape index (κ3) is 5.86. The van der Waals surface area contributed by atoms with Gasteiger partial charge in [-0.3, -0.25) is 0 Å². The summed E-state index contributed by atoms with van der Waals surface area (Å²) in [5, 5.41) is 0. The van der Waals surface area contributed by atoms with Crippen LogP contribution in [0.15, 0.2) is 60.7 Å². The number of nitrogens with zero attached hydrogens (tertiary/aromatic N) is 2. The minimum Gasteiger partial charge on any atom is -0.465 e. The molecule has 3 rings (SSSR count). The predicted octanol–water partition coefficient (Wildman–Crippen LogP) is 7.84. The summed E-state index contributed by atoms with van der Waals surface area (Å²) in [6, 6.07) is 20.1. The molecule has 0 aliphatic heterocycles.